The summed E-state index contributed by atoms with van der Waals surface area (Å²) in [5.41, 5.74) is 1.55. The van der Waals surface area contributed by atoms with Crippen molar-refractivity contribution < 1.29 is 13.2 Å². The number of imidazole rings is 1. The third-order valence-corrected chi connectivity index (χ3v) is 8.75. The number of carbonyl (C=O) groups excluding carboxylic acids is 1. The first kappa shape index (κ1) is 26.6. The van der Waals surface area contributed by atoms with Gasteiger partial charge in [-0.15, -0.1) is 0 Å². The number of sulfonamides is 1. The van der Waals surface area contributed by atoms with Crippen molar-refractivity contribution in [3.05, 3.63) is 24.0 Å². The van der Waals surface area contributed by atoms with Gasteiger partial charge in [-0.3, -0.25) is 4.79 Å². The molecule has 1 aliphatic rings. The molecule has 0 bridgehead atoms. The third-order valence-electron chi connectivity index (χ3n) is 6.70. The SMILES string of the molecule is CCN(CC)S(=O)(=O)c1ccc2c(c1)nc(CCC(=O)NCC(C)CN1CCCCC1)n2CC. The molecule has 1 saturated heterocycles. The van der Waals surface area contributed by atoms with E-state index < -0.39 is 10.0 Å². The monoisotopic (exact) mass is 491 g/mol. The molecule has 2 heterocycles. The summed E-state index contributed by atoms with van der Waals surface area (Å²) >= 11 is 0. The van der Waals surface area contributed by atoms with Gasteiger partial charge in [0, 0.05) is 45.6 Å². The van der Waals surface area contributed by atoms with Crippen LogP contribution in [0.2, 0.25) is 0 Å². The van der Waals surface area contributed by atoms with Crippen LogP contribution in [-0.2, 0) is 27.8 Å². The lowest BCUT2D eigenvalue weighted by atomic mass is 10.1. The lowest BCUT2D eigenvalue weighted by Gasteiger charge is -2.29. The Labute approximate surface area is 204 Å². The van der Waals surface area contributed by atoms with Crippen LogP contribution in [0, 0.1) is 5.92 Å². The molecule has 1 N–H and O–H groups in total. The number of aromatic nitrogens is 2. The van der Waals surface area contributed by atoms with Crippen LogP contribution in [0.1, 0.15) is 59.2 Å². The Kier molecular flexibility index (Phi) is 9.50. The lowest BCUT2D eigenvalue weighted by molar-refractivity contribution is -0.121. The summed E-state index contributed by atoms with van der Waals surface area (Å²) in [6.45, 7) is 13.5. The normalized spacial score (nSPS) is 16.3. The van der Waals surface area contributed by atoms with E-state index in [9.17, 15) is 13.2 Å². The number of hydrogen-bond acceptors (Lipinski definition) is 5. The average Bonchev–Trinajstić information content (AvgIpc) is 3.19. The molecule has 1 aromatic carbocycles. The summed E-state index contributed by atoms with van der Waals surface area (Å²) in [7, 11) is -3.54. The topological polar surface area (TPSA) is 87.5 Å². The maximum absolute atomic E-state index is 12.9. The predicted molar refractivity (Wildman–Crippen MR) is 136 cm³/mol. The van der Waals surface area contributed by atoms with E-state index in [0.29, 0.717) is 50.5 Å². The van der Waals surface area contributed by atoms with Crippen LogP contribution in [0.5, 0.6) is 0 Å². The van der Waals surface area contributed by atoms with E-state index in [1.165, 1.54) is 36.7 Å². The largest absolute Gasteiger partial charge is 0.356 e. The molecule has 3 rings (SSSR count). The number of benzene rings is 1. The average molecular weight is 492 g/mol. The van der Waals surface area contributed by atoms with Gasteiger partial charge >= 0.3 is 0 Å². The zero-order valence-corrected chi connectivity index (χ0v) is 22.0. The van der Waals surface area contributed by atoms with Gasteiger partial charge in [0.15, 0.2) is 0 Å². The van der Waals surface area contributed by atoms with E-state index in [1.807, 2.05) is 26.8 Å². The Morgan fingerprint density at radius 3 is 2.50 bits per heavy atom. The summed E-state index contributed by atoms with van der Waals surface area (Å²) in [6, 6.07) is 5.14. The summed E-state index contributed by atoms with van der Waals surface area (Å²) in [4.78, 5) is 20.0. The Morgan fingerprint density at radius 2 is 1.85 bits per heavy atom. The molecule has 2 aromatic rings. The summed E-state index contributed by atoms with van der Waals surface area (Å²) in [6.07, 6.45) is 4.77. The van der Waals surface area contributed by atoms with Crippen molar-refractivity contribution in [2.45, 2.75) is 71.2 Å². The van der Waals surface area contributed by atoms with E-state index in [1.54, 1.807) is 12.1 Å². The highest BCUT2D eigenvalue weighted by Crippen LogP contribution is 2.23. The van der Waals surface area contributed by atoms with Crippen LogP contribution in [0.15, 0.2) is 23.1 Å². The van der Waals surface area contributed by atoms with Crippen molar-refractivity contribution in [1.82, 2.24) is 24.1 Å². The van der Waals surface area contributed by atoms with Crippen molar-refractivity contribution in [2.24, 2.45) is 5.92 Å². The smallest absolute Gasteiger partial charge is 0.243 e. The van der Waals surface area contributed by atoms with Crippen LogP contribution in [0.25, 0.3) is 11.0 Å². The fourth-order valence-corrected chi connectivity index (χ4v) is 6.30. The molecular formula is C25H41N5O3S. The minimum Gasteiger partial charge on any atom is -0.356 e. The summed E-state index contributed by atoms with van der Waals surface area (Å²) in [5.74, 6) is 1.27. The van der Waals surface area contributed by atoms with Gasteiger partial charge in [0.2, 0.25) is 15.9 Å². The number of aryl methyl sites for hydroxylation is 2. The van der Waals surface area contributed by atoms with Gasteiger partial charge in [-0.05, 0) is 57.0 Å². The lowest BCUT2D eigenvalue weighted by Crippen LogP contribution is -2.38. The molecule has 1 aliphatic heterocycles. The van der Waals surface area contributed by atoms with E-state index in [0.717, 1.165) is 17.9 Å². The zero-order valence-electron chi connectivity index (χ0n) is 21.2. The number of piperidine rings is 1. The van der Waals surface area contributed by atoms with Gasteiger partial charge in [0.25, 0.3) is 0 Å². The molecule has 8 nitrogen and oxygen atoms in total. The molecule has 1 unspecified atom stereocenters. The number of nitrogens with one attached hydrogen (secondary N) is 1. The second kappa shape index (κ2) is 12.1. The van der Waals surface area contributed by atoms with Crippen molar-refractivity contribution in [3.63, 3.8) is 0 Å². The highest BCUT2D eigenvalue weighted by atomic mass is 32.2. The first-order valence-electron chi connectivity index (χ1n) is 12.8. The van der Waals surface area contributed by atoms with Crippen LogP contribution in [0.3, 0.4) is 0 Å². The van der Waals surface area contributed by atoms with E-state index in [-0.39, 0.29) is 10.8 Å². The van der Waals surface area contributed by atoms with E-state index in [2.05, 4.69) is 21.7 Å². The third kappa shape index (κ3) is 6.37. The fourth-order valence-electron chi connectivity index (χ4n) is 4.83. The number of rotatable bonds is 12. The molecule has 1 amide bonds. The van der Waals surface area contributed by atoms with Gasteiger partial charge in [0.05, 0.1) is 15.9 Å². The maximum atomic E-state index is 12.9. The predicted octanol–water partition coefficient (Wildman–Crippen LogP) is 3.26. The van der Waals surface area contributed by atoms with Crippen LogP contribution in [-0.4, -0.2) is 72.3 Å². The fraction of sp³-hybridized carbons (Fsp3) is 0.680. The molecular weight excluding hydrogens is 450 g/mol. The molecule has 0 saturated carbocycles. The quantitative estimate of drug-likeness (QED) is 0.492. The highest BCUT2D eigenvalue weighted by Gasteiger charge is 2.23. The van der Waals surface area contributed by atoms with Crippen molar-refractivity contribution >= 4 is 27.0 Å². The van der Waals surface area contributed by atoms with E-state index >= 15 is 0 Å². The van der Waals surface area contributed by atoms with Crippen LogP contribution < -0.4 is 5.32 Å². The Bertz CT molecular complexity index is 1060. The van der Waals surface area contributed by atoms with Crippen molar-refractivity contribution in [2.75, 3.05) is 39.3 Å². The van der Waals surface area contributed by atoms with Crippen molar-refractivity contribution in [3.8, 4) is 0 Å². The zero-order chi connectivity index (χ0) is 24.7. The standard InChI is InChI=1S/C25H41N5O3S/c1-5-29(6-2)34(32,33)21-11-12-23-22(17-21)27-24(30(23)7-3)13-14-25(31)26-18-20(4)19-28-15-9-8-10-16-28/h11-12,17,20H,5-10,13-16,18-19H2,1-4H3,(H,26,31). The van der Waals surface area contributed by atoms with Crippen LogP contribution in [0.4, 0.5) is 0 Å². The molecule has 1 atom stereocenters. The number of hydrogen-bond donors (Lipinski definition) is 1. The molecule has 0 spiro atoms. The Morgan fingerprint density at radius 1 is 1.15 bits per heavy atom. The Balaban J connectivity index is 1.62. The molecule has 9 heteroatoms. The second-order valence-electron chi connectivity index (χ2n) is 9.28. The molecule has 1 aromatic heterocycles. The maximum Gasteiger partial charge on any atom is 0.243 e. The first-order valence-corrected chi connectivity index (χ1v) is 14.2. The summed E-state index contributed by atoms with van der Waals surface area (Å²) < 4.78 is 29.3. The summed E-state index contributed by atoms with van der Waals surface area (Å²) in [5, 5.41) is 3.08. The van der Waals surface area contributed by atoms with E-state index in [4.69, 9.17) is 4.98 Å². The van der Waals surface area contributed by atoms with Crippen LogP contribution >= 0.6 is 0 Å². The Hall–Kier alpha value is -1.97. The molecule has 190 valence electrons. The molecule has 0 aliphatic carbocycles. The second-order valence-corrected chi connectivity index (χ2v) is 11.2. The first-order chi connectivity index (χ1) is 16.3. The number of carbonyl (C=O) groups is 1. The van der Waals surface area contributed by atoms with Gasteiger partial charge in [-0.2, -0.15) is 4.31 Å². The molecule has 34 heavy (non-hydrogen) atoms. The van der Waals surface area contributed by atoms with Gasteiger partial charge in [-0.25, -0.2) is 13.4 Å². The number of fused-ring (bicyclic) bond motifs is 1. The van der Waals surface area contributed by atoms with Gasteiger partial charge in [-0.1, -0.05) is 27.2 Å². The minimum absolute atomic E-state index is 0.0324. The van der Waals surface area contributed by atoms with Gasteiger partial charge in [0.1, 0.15) is 5.82 Å². The van der Waals surface area contributed by atoms with Gasteiger partial charge < -0.3 is 14.8 Å². The molecule has 0 radical (unpaired) electrons. The minimum atomic E-state index is -3.54. The number of nitrogens with zero attached hydrogens (tertiary/aromatic N) is 4. The number of likely N-dealkylation sites (tertiary alicyclic amines) is 1. The highest BCUT2D eigenvalue weighted by molar-refractivity contribution is 7.89. The molecule has 1 fully saturated rings. The number of amides is 1. The van der Waals surface area contributed by atoms with Crippen molar-refractivity contribution in [1.29, 1.82) is 0 Å².